The number of benzene rings is 12. The second-order valence-corrected chi connectivity index (χ2v) is 51.0. The Bertz CT molecular complexity index is 6640. The molecule has 0 spiro atoms. The third-order valence-corrected chi connectivity index (χ3v) is 36.5. The molecule has 8 aliphatic carbocycles. The molecule has 0 aromatic heterocycles. The van der Waals surface area contributed by atoms with Crippen LogP contribution < -0.4 is 52.4 Å². The third-order valence-electron chi connectivity index (χ3n) is 36.5. The highest BCUT2D eigenvalue weighted by Crippen LogP contribution is 2.67. The average molecular weight is 1750 g/mol. The fraction of sp³-hybridized carbons (Fsp3) is 0.433. The number of nitrogens with zero attached hydrogens (tertiary/aromatic N) is 4. The van der Waals surface area contributed by atoms with Crippen LogP contribution in [0, 0.1) is 36.5 Å². The first-order valence-electron chi connectivity index (χ1n) is 52.1. The number of aryl methyl sites for hydroxylation is 1. The fourth-order valence-electron chi connectivity index (χ4n) is 28.9. The Morgan fingerprint density at radius 1 is 0.301 bits per heavy atom. The molecule has 24 rings (SSSR count). The molecule has 2 atom stereocenters. The van der Waals surface area contributed by atoms with Gasteiger partial charge in [0.25, 0.3) is 13.4 Å². The van der Waals surface area contributed by atoms with E-state index in [2.05, 4.69) is 396 Å². The van der Waals surface area contributed by atoms with Crippen molar-refractivity contribution in [3.05, 3.63) is 297 Å². The van der Waals surface area contributed by atoms with Gasteiger partial charge in [0.1, 0.15) is 0 Å². The van der Waals surface area contributed by atoms with Crippen LogP contribution in [-0.4, -0.2) is 13.4 Å². The van der Waals surface area contributed by atoms with Gasteiger partial charge in [-0.05, 0) is 401 Å². The lowest BCUT2D eigenvalue weighted by Crippen LogP contribution is -2.62. The van der Waals surface area contributed by atoms with Crippen molar-refractivity contribution in [1.82, 2.24) is 0 Å². The van der Waals surface area contributed by atoms with Gasteiger partial charge in [0.15, 0.2) is 0 Å². The number of fused-ring (bicyclic) bond motifs is 10. The highest BCUT2D eigenvalue weighted by Gasteiger charge is 2.59. The average Bonchev–Trinajstić information content (AvgIpc) is 0.678. The molecule has 0 saturated heterocycles. The van der Waals surface area contributed by atoms with Crippen LogP contribution in [0.4, 0.5) is 68.2 Å². The molecule has 678 valence electrons. The lowest BCUT2D eigenvalue weighted by molar-refractivity contribution is -0.0848. The molecule has 6 heteroatoms. The minimum Gasteiger partial charge on any atom is -0.311 e. The Kier molecular flexibility index (Phi) is 20.1. The quantitative estimate of drug-likeness (QED) is 0.127. The summed E-state index contributed by atoms with van der Waals surface area (Å²) >= 11 is 0. The summed E-state index contributed by atoms with van der Waals surface area (Å²) in [5.74, 6) is 4.72. The SMILES string of the molecule is Cc1cc2c3c(c1)N(c1ccc(C(C)(C)C)cc1-c1ccccc1)c1cc4c(cc1B3c1cc(C3CCC(C5C6CC7CC5CC(c5cc8c9c(c5)N(c5ccc(C(C)(C)C)cc5-c5ccccc5)c5cc%10c(cc5B9c5cc(C(C)(C)C)ccc5N8c5ccc(C(C)(C)C)cc5)C(C)(C)CCC%10(C)C)(C7)C6)CC3)ccc1N2c1ccc(C2CCCCC2)cc1)C(C)(C)CCC4(C)C. The van der Waals surface area contributed by atoms with Gasteiger partial charge < -0.3 is 19.6 Å². The predicted octanol–water partition coefficient (Wildman–Crippen LogP) is 31.1. The molecule has 4 nitrogen and oxygen atoms in total. The lowest BCUT2D eigenvalue weighted by Gasteiger charge is -2.62. The van der Waals surface area contributed by atoms with Gasteiger partial charge in [-0.15, -0.1) is 0 Å². The van der Waals surface area contributed by atoms with Crippen molar-refractivity contribution >= 4 is 114 Å². The van der Waals surface area contributed by atoms with Crippen LogP contribution in [0.1, 0.15) is 333 Å². The van der Waals surface area contributed by atoms with E-state index >= 15 is 0 Å². The molecule has 133 heavy (non-hydrogen) atoms. The summed E-state index contributed by atoms with van der Waals surface area (Å²) in [5.41, 5.74) is 47.0. The van der Waals surface area contributed by atoms with E-state index in [1.54, 1.807) is 11.1 Å². The Morgan fingerprint density at radius 2 is 0.677 bits per heavy atom. The highest BCUT2D eigenvalue weighted by atomic mass is 15.2. The number of hydrogen-bond donors (Lipinski definition) is 0. The Morgan fingerprint density at radius 3 is 1.14 bits per heavy atom. The van der Waals surface area contributed by atoms with Crippen LogP contribution in [0.3, 0.4) is 0 Å². The summed E-state index contributed by atoms with van der Waals surface area (Å²) in [6, 6.07) is 95.6. The third kappa shape index (κ3) is 14.3. The number of anilines is 12. The van der Waals surface area contributed by atoms with E-state index in [1.807, 2.05) is 0 Å². The second-order valence-electron chi connectivity index (χ2n) is 51.0. The zero-order valence-electron chi connectivity index (χ0n) is 84.2. The molecular weight excluding hydrogens is 1600 g/mol. The summed E-state index contributed by atoms with van der Waals surface area (Å²) in [7, 11) is 0. The van der Waals surface area contributed by atoms with Gasteiger partial charge in [-0.3, -0.25) is 0 Å². The van der Waals surface area contributed by atoms with E-state index in [1.165, 1.54) is 275 Å². The largest absolute Gasteiger partial charge is 0.311 e. The Balaban J connectivity index is 0.648. The predicted molar refractivity (Wildman–Crippen MR) is 571 cm³/mol. The molecule has 0 amide bonds. The van der Waals surface area contributed by atoms with E-state index in [0.717, 1.165) is 37.0 Å². The van der Waals surface area contributed by atoms with Crippen molar-refractivity contribution in [1.29, 1.82) is 0 Å². The fourth-order valence-corrected chi connectivity index (χ4v) is 28.9. The van der Waals surface area contributed by atoms with Gasteiger partial charge in [0.05, 0.1) is 11.4 Å². The molecule has 0 radical (unpaired) electrons. The molecule has 12 aliphatic rings. The van der Waals surface area contributed by atoms with Gasteiger partial charge in [0.2, 0.25) is 0 Å². The molecule has 6 saturated carbocycles. The zero-order chi connectivity index (χ0) is 92.2. The van der Waals surface area contributed by atoms with Crippen molar-refractivity contribution in [2.24, 2.45) is 29.6 Å². The van der Waals surface area contributed by atoms with Crippen LogP contribution in [-0.2, 0) is 48.7 Å². The maximum atomic E-state index is 2.87. The van der Waals surface area contributed by atoms with Crippen LogP contribution in [0.2, 0.25) is 0 Å². The smallest absolute Gasteiger partial charge is 0.252 e. The van der Waals surface area contributed by atoms with Crippen LogP contribution in [0.15, 0.2) is 231 Å². The first-order valence-corrected chi connectivity index (χ1v) is 52.1. The molecule has 12 aromatic rings. The molecule has 2 unspecified atom stereocenters. The van der Waals surface area contributed by atoms with E-state index in [-0.39, 0.29) is 62.2 Å². The van der Waals surface area contributed by atoms with Crippen LogP contribution in [0.5, 0.6) is 0 Å². The Labute approximate surface area is 799 Å². The standard InChI is InChI=1S/C127H144B2N4/c1-78-61-112-117-113(62-78)132(106-54-46-90(120(5,6)7)66-96(106)83-33-27-23-28-34-83)110-73-100-98(123(14,15)57-59-125(100,18)19)71-104(110)128(117)102-65-86(43-53-108(102)130(112)94-49-41-81(42-50-94)80-31-25-22-26-32-80)82-37-39-85(40-38-82)116-87-63-79-64-88(116)77-127(75-79,76-87)93-69-114-118-115(70-93)133(107-55-47-91(121(8,9)10)67-97(107)84-35-29-24-30-36-84)111-74-101-99(124(16,17)58-60-126(101,20)21)72-105(111)129(118)103-68-92(122(11,12)13)48-56-109(103)131(114)95-51-44-89(45-52-95)119(2,3)4/h23-24,27-30,33-36,41-56,61-62,65-74,79-80,82,85,87-88,116H,22,25-26,31-32,37-40,57-60,63-64,75-77H2,1-21H3. The van der Waals surface area contributed by atoms with E-state index in [0.29, 0.717) is 23.7 Å². The highest BCUT2D eigenvalue weighted by molar-refractivity contribution is 7.01. The van der Waals surface area contributed by atoms with Crippen molar-refractivity contribution in [2.75, 3.05) is 19.6 Å². The normalized spacial score (nSPS) is 23.3. The van der Waals surface area contributed by atoms with E-state index in [9.17, 15) is 0 Å². The summed E-state index contributed by atoms with van der Waals surface area (Å²) in [6.45, 7) is 51.5. The summed E-state index contributed by atoms with van der Waals surface area (Å²) in [5, 5.41) is 0. The minimum atomic E-state index is -0.0639. The van der Waals surface area contributed by atoms with Gasteiger partial charge in [-0.2, -0.15) is 0 Å². The first-order chi connectivity index (χ1) is 63.3. The van der Waals surface area contributed by atoms with Gasteiger partial charge in [-0.1, -0.05) is 291 Å². The maximum absolute atomic E-state index is 2.87. The topological polar surface area (TPSA) is 13.0 Å². The molecule has 4 heterocycles. The van der Waals surface area contributed by atoms with E-state index in [4.69, 9.17) is 0 Å². The molecule has 0 N–H and O–H groups in total. The van der Waals surface area contributed by atoms with Crippen LogP contribution >= 0.6 is 0 Å². The lowest BCUT2D eigenvalue weighted by atomic mass is 9.32. The number of hydrogen-bond acceptors (Lipinski definition) is 4. The summed E-state index contributed by atoms with van der Waals surface area (Å²) in [6.07, 6.45) is 23.0. The molecule has 4 bridgehead atoms. The van der Waals surface area contributed by atoms with Gasteiger partial charge >= 0.3 is 0 Å². The zero-order valence-corrected chi connectivity index (χ0v) is 84.2. The molecular formula is C127H144B2N4. The first kappa shape index (κ1) is 87.0. The van der Waals surface area contributed by atoms with E-state index < -0.39 is 0 Å². The minimum absolute atomic E-state index is 0.000435. The second kappa shape index (κ2) is 30.7. The maximum Gasteiger partial charge on any atom is 0.252 e. The summed E-state index contributed by atoms with van der Waals surface area (Å²) < 4.78 is 0. The van der Waals surface area contributed by atoms with Gasteiger partial charge in [0, 0.05) is 68.0 Å². The van der Waals surface area contributed by atoms with Crippen molar-refractivity contribution in [2.45, 2.75) is 322 Å². The molecule has 12 aromatic carbocycles. The summed E-state index contributed by atoms with van der Waals surface area (Å²) in [4.78, 5) is 11.1. The van der Waals surface area contributed by atoms with Crippen LogP contribution in [0.25, 0.3) is 22.3 Å². The molecule has 6 fully saturated rings. The number of rotatable bonds is 10. The van der Waals surface area contributed by atoms with Gasteiger partial charge in [-0.25, -0.2) is 0 Å². The van der Waals surface area contributed by atoms with Crippen molar-refractivity contribution < 1.29 is 0 Å². The van der Waals surface area contributed by atoms with Crippen molar-refractivity contribution in [3.8, 4) is 22.3 Å². The van der Waals surface area contributed by atoms with Crippen molar-refractivity contribution in [3.63, 3.8) is 0 Å². The molecule has 4 aliphatic heterocycles. The monoisotopic (exact) mass is 1750 g/mol. The Hall–Kier alpha value is -10.0.